The van der Waals surface area contributed by atoms with Crippen LogP contribution in [0.25, 0.3) is 0 Å². The molecule has 1 N–H and O–H groups in total. The number of sulfonamides is 1. The van der Waals surface area contributed by atoms with Crippen molar-refractivity contribution in [3.8, 4) is 11.5 Å². The van der Waals surface area contributed by atoms with Crippen molar-refractivity contribution in [2.24, 2.45) is 0 Å². The molecule has 3 aromatic carbocycles. The van der Waals surface area contributed by atoms with Gasteiger partial charge in [0.05, 0.1) is 23.7 Å². The number of nitrogens with zero attached hydrogens (tertiary/aromatic N) is 1. The molecule has 0 atom stereocenters. The summed E-state index contributed by atoms with van der Waals surface area (Å²) in [5.41, 5.74) is 3.48. The highest BCUT2D eigenvalue weighted by Crippen LogP contribution is 2.26. The van der Waals surface area contributed by atoms with Gasteiger partial charge in [-0.15, -0.1) is 0 Å². The fourth-order valence-corrected chi connectivity index (χ4v) is 4.87. The molecule has 0 heterocycles. The summed E-state index contributed by atoms with van der Waals surface area (Å²) in [6.45, 7) is 8.38. The molecule has 0 aromatic heterocycles. The zero-order valence-electron chi connectivity index (χ0n) is 20.6. The topological polar surface area (TPSA) is 84.9 Å². The van der Waals surface area contributed by atoms with E-state index < -0.39 is 15.9 Å². The van der Waals surface area contributed by atoms with Gasteiger partial charge in [-0.25, -0.2) is 8.42 Å². The summed E-state index contributed by atoms with van der Waals surface area (Å²) >= 11 is 0. The van der Waals surface area contributed by atoms with Gasteiger partial charge >= 0.3 is 0 Å². The van der Waals surface area contributed by atoms with Gasteiger partial charge in [-0.1, -0.05) is 29.8 Å². The lowest BCUT2D eigenvalue weighted by Gasteiger charge is -2.24. The fraction of sp³-hybridized carbons (Fsp3) is 0.296. The number of ether oxygens (including phenoxy) is 2. The smallest absolute Gasteiger partial charge is 0.264 e. The molecule has 3 aromatic rings. The first-order chi connectivity index (χ1) is 16.7. The highest BCUT2D eigenvalue weighted by atomic mass is 32.2. The van der Waals surface area contributed by atoms with Crippen LogP contribution in [-0.4, -0.2) is 40.6 Å². The molecule has 186 valence electrons. The van der Waals surface area contributed by atoms with Crippen molar-refractivity contribution in [1.29, 1.82) is 0 Å². The molecule has 0 spiro atoms. The molecule has 0 saturated heterocycles. The highest BCUT2D eigenvalue weighted by molar-refractivity contribution is 7.92. The SMILES string of the molecule is CCOc1ccc(N(CC(=O)NCCOc2cccc(C)c2C)S(=O)(=O)c2ccc(C)cc2)cc1. The number of aryl methyl sites for hydroxylation is 2. The van der Waals surface area contributed by atoms with Gasteiger partial charge in [-0.3, -0.25) is 9.10 Å². The number of anilines is 1. The van der Waals surface area contributed by atoms with Gasteiger partial charge < -0.3 is 14.8 Å². The van der Waals surface area contributed by atoms with Gasteiger partial charge in [-0.05, 0) is 81.3 Å². The summed E-state index contributed by atoms with van der Waals surface area (Å²) in [5.74, 6) is 0.952. The lowest BCUT2D eigenvalue weighted by molar-refractivity contribution is -0.119. The Morgan fingerprint density at radius 1 is 0.914 bits per heavy atom. The van der Waals surface area contributed by atoms with E-state index in [-0.39, 0.29) is 24.6 Å². The molecule has 0 unspecified atom stereocenters. The average Bonchev–Trinajstić information content (AvgIpc) is 2.84. The highest BCUT2D eigenvalue weighted by Gasteiger charge is 2.27. The van der Waals surface area contributed by atoms with Crippen LogP contribution in [0.15, 0.2) is 71.6 Å². The van der Waals surface area contributed by atoms with Crippen molar-refractivity contribution in [3.63, 3.8) is 0 Å². The van der Waals surface area contributed by atoms with Crippen molar-refractivity contribution in [2.75, 3.05) is 30.6 Å². The van der Waals surface area contributed by atoms with E-state index in [1.54, 1.807) is 48.5 Å². The van der Waals surface area contributed by atoms with Crippen LogP contribution in [0.5, 0.6) is 11.5 Å². The minimum Gasteiger partial charge on any atom is -0.494 e. The van der Waals surface area contributed by atoms with Gasteiger partial charge in [-0.2, -0.15) is 0 Å². The number of carbonyl (C=O) groups excluding carboxylic acids is 1. The molecule has 35 heavy (non-hydrogen) atoms. The zero-order valence-corrected chi connectivity index (χ0v) is 21.4. The molecule has 0 bridgehead atoms. The summed E-state index contributed by atoms with van der Waals surface area (Å²) in [6, 6.07) is 19.0. The Labute approximate surface area is 207 Å². The summed E-state index contributed by atoms with van der Waals surface area (Å²) in [4.78, 5) is 12.9. The van der Waals surface area contributed by atoms with E-state index in [4.69, 9.17) is 9.47 Å². The van der Waals surface area contributed by atoms with Crippen LogP contribution < -0.4 is 19.1 Å². The van der Waals surface area contributed by atoms with Gasteiger partial charge in [0.25, 0.3) is 10.0 Å². The van der Waals surface area contributed by atoms with Crippen LogP contribution in [0.4, 0.5) is 5.69 Å². The average molecular weight is 497 g/mol. The molecule has 7 nitrogen and oxygen atoms in total. The molecule has 0 aliphatic rings. The van der Waals surface area contributed by atoms with E-state index in [2.05, 4.69) is 5.32 Å². The monoisotopic (exact) mass is 496 g/mol. The first kappa shape index (κ1) is 26.1. The number of nitrogens with one attached hydrogen (secondary N) is 1. The van der Waals surface area contributed by atoms with Crippen LogP contribution in [-0.2, 0) is 14.8 Å². The first-order valence-corrected chi connectivity index (χ1v) is 12.9. The van der Waals surface area contributed by atoms with E-state index in [0.717, 1.165) is 26.7 Å². The first-order valence-electron chi connectivity index (χ1n) is 11.5. The minimum atomic E-state index is -3.97. The van der Waals surface area contributed by atoms with E-state index in [1.807, 2.05) is 45.9 Å². The lowest BCUT2D eigenvalue weighted by atomic mass is 10.1. The van der Waals surface area contributed by atoms with Crippen LogP contribution in [0.1, 0.15) is 23.6 Å². The molecule has 3 rings (SSSR count). The fourth-order valence-electron chi connectivity index (χ4n) is 3.45. The van der Waals surface area contributed by atoms with E-state index in [9.17, 15) is 13.2 Å². The molecule has 0 saturated carbocycles. The number of carbonyl (C=O) groups is 1. The number of benzene rings is 3. The quantitative estimate of drug-likeness (QED) is 0.398. The summed E-state index contributed by atoms with van der Waals surface area (Å²) in [7, 11) is -3.97. The number of rotatable bonds is 11. The van der Waals surface area contributed by atoms with Gasteiger partial charge in [0, 0.05) is 0 Å². The van der Waals surface area contributed by atoms with Gasteiger partial charge in [0.2, 0.25) is 5.91 Å². The van der Waals surface area contributed by atoms with Gasteiger partial charge in [0.15, 0.2) is 0 Å². The van der Waals surface area contributed by atoms with Crippen molar-refractivity contribution in [3.05, 3.63) is 83.4 Å². The van der Waals surface area contributed by atoms with Crippen LogP contribution in [0.3, 0.4) is 0 Å². The van der Waals surface area contributed by atoms with Crippen LogP contribution in [0.2, 0.25) is 0 Å². The molecule has 8 heteroatoms. The van der Waals surface area contributed by atoms with Crippen molar-refractivity contribution in [1.82, 2.24) is 5.32 Å². The predicted molar refractivity (Wildman–Crippen MR) is 138 cm³/mol. The zero-order chi connectivity index (χ0) is 25.4. The number of hydrogen-bond acceptors (Lipinski definition) is 5. The maximum absolute atomic E-state index is 13.5. The van der Waals surface area contributed by atoms with Crippen LogP contribution >= 0.6 is 0 Å². The van der Waals surface area contributed by atoms with Crippen molar-refractivity contribution < 1.29 is 22.7 Å². The molecule has 0 fully saturated rings. The van der Waals surface area contributed by atoms with Crippen molar-refractivity contribution in [2.45, 2.75) is 32.6 Å². The molecule has 1 amide bonds. The Morgan fingerprint density at radius 2 is 1.60 bits per heavy atom. The van der Waals surface area contributed by atoms with E-state index in [0.29, 0.717) is 18.0 Å². The molecule has 0 aliphatic carbocycles. The molecule has 0 aliphatic heterocycles. The minimum absolute atomic E-state index is 0.114. The Balaban J connectivity index is 1.72. The Bertz CT molecular complexity index is 1240. The van der Waals surface area contributed by atoms with Crippen molar-refractivity contribution >= 4 is 21.6 Å². The Kier molecular flexibility index (Phi) is 8.76. The summed E-state index contributed by atoms with van der Waals surface area (Å²) in [6.07, 6.45) is 0. The predicted octanol–water partition coefficient (Wildman–Crippen LogP) is 4.40. The maximum Gasteiger partial charge on any atom is 0.264 e. The third kappa shape index (κ3) is 6.76. The van der Waals surface area contributed by atoms with E-state index in [1.165, 1.54) is 0 Å². The number of amides is 1. The number of hydrogen-bond donors (Lipinski definition) is 1. The second-order valence-corrected chi connectivity index (χ2v) is 10.0. The Hall–Kier alpha value is -3.52. The largest absolute Gasteiger partial charge is 0.494 e. The normalized spacial score (nSPS) is 11.1. The third-order valence-electron chi connectivity index (χ3n) is 5.57. The van der Waals surface area contributed by atoms with Crippen LogP contribution in [0, 0.1) is 20.8 Å². The van der Waals surface area contributed by atoms with E-state index >= 15 is 0 Å². The second-order valence-electron chi connectivity index (χ2n) is 8.15. The summed E-state index contributed by atoms with van der Waals surface area (Å²) < 4.78 is 39.3. The standard InChI is InChI=1S/C27H32N2O5S/c1-5-33-24-13-11-23(12-14-24)29(35(31,32)25-15-9-20(2)10-16-25)19-27(30)28-17-18-34-26-8-6-7-21(3)22(26)4/h6-16H,5,17-19H2,1-4H3,(H,28,30). The summed E-state index contributed by atoms with van der Waals surface area (Å²) in [5, 5.41) is 2.76. The second kappa shape index (κ2) is 11.8. The third-order valence-corrected chi connectivity index (χ3v) is 7.36. The Morgan fingerprint density at radius 3 is 2.26 bits per heavy atom. The maximum atomic E-state index is 13.5. The lowest BCUT2D eigenvalue weighted by Crippen LogP contribution is -2.41. The van der Waals surface area contributed by atoms with Gasteiger partial charge in [0.1, 0.15) is 24.7 Å². The molecular formula is C27H32N2O5S. The molecule has 0 radical (unpaired) electrons. The molecular weight excluding hydrogens is 464 g/mol.